The van der Waals surface area contributed by atoms with Crippen LogP contribution in [0.5, 0.6) is 5.75 Å². The van der Waals surface area contributed by atoms with Crippen molar-refractivity contribution in [2.75, 3.05) is 26.8 Å². The molecule has 0 bridgehead atoms. The van der Waals surface area contributed by atoms with Gasteiger partial charge >= 0.3 is 5.97 Å². The Kier molecular flexibility index (Phi) is 7.95. The Morgan fingerprint density at radius 3 is 2.39 bits per heavy atom. The Labute approximate surface area is 161 Å². The van der Waals surface area contributed by atoms with E-state index in [-0.39, 0.29) is 18.9 Å². The number of esters is 1. The van der Waals surface area contributed by atoms with Crippen LogP contribution in [0.3, 0.4) is 0 Å². The Balaban J connectivity index is 1.63. The molecular weight excluding hydrogens is 367 g/mol. The highest BCUT2D eigenvalue weighted by Gasteiger charge is 2.11. The molecule has 0 saturated heterocycles. The lowest BCUT2D eigenvalue weighted by Crippen LogP contribution is -2.34. The minimum absolute atomic E-state index is 0.214. The van der Waals surface area contributed by atoms with Gasteiger partial charge in [0.15, 0.2) is 6.61 Å². The summed E-state index contributed by atoms with van der Waals surface area (Å²) in [5, 5.41) is 4.94. The van der Waals surface area contributed by atoms with Crippen LogP contribution < -0.4 is 15.4 Å². The van der Waals surface area contributed by atoms with E-state index in [1.165, 1.54) is 13.2 Å². The highest BCUT2D eigenvalue weighted by molar-refractivity contribution is 5.96. The van der Waals surface area contributed by atoms with E-state index in [4.69, 9.17) is 9.47 Å². The van der Waals surface area contributed by atoms with E-state index in [1.54, 1.807) is 42.5 Å². The zero-order valence-corrected chi connectivity index (χ0v) is 15.4. The number of carbonyl (C=O) groups excluding carboxylic acids is 3. The molecule has 7 nitrogen and oxygen atoms in total. The minimum atomic E-state index is -0.744. The monoisotopic (exact) mass is 388 g/mol. The van der Waals surface area contributed by atoms with E-state index in [0.29, 0.717) is 23.3 Å². The van der Waals surface area contributed by atoms with Crippen molar-refractivity contribution >= 4 is 17.8 Å². The van der Waals surface area contributed by atoms with E-state index in [0.717, 1.165) is 0 Å². The highest BCUT2D eigenvalue weighted by Crippen LogP contribution is 2.11. The summed E-state index contributed by atoms with van der Waals surface area (Å²) in [6, 6.07) is 12.6. The minimum Gasteiger partial charge on any atom is -0.497 e. The maximum atomic E-state index is 13.5. The summed E-state index contributed by atoms with van der Waals surface area (Å²) in [5.41, 5.74) is 0.848. The number of halogens is 1. The number of rotatable bonds is 9. The van der Waals surface area contributed by atoms with Crippen molar-refractivity contribution in [3.05, 3.63) is 65.5 Å². The van der Waals surface area contributed by atoms with Gasteiger partial charge in [0.05, 0.1) is 7.11 Å². The van der Waals surface area contributed by atoms with Crippen LogP contribution in [-0.4, -0.2) is 44.6 Å². The van der Waals surface area contributed by atoms with E-state index >= 15 is 0 Å². The maximum absolute atomic E-state index is 13.5. The molecule has 0 aromatic heterocycles. The third kappa shape index (κ3) is 6.71. The van der Waals surface area contributed by atoms with Crippen LogP contribution in [0.1, 0.15) is 15.9 Å². The van der Waals surface area contributed by atoms with E-state index < -0.39 is 24.4 Å². The Morgan fingerprint density at radius 2 is 1.71 bits per heavy atom. The maximum Gasteiger partial charge on any atom is 0.325 e. The third-order valence-corrected chi connectivity index (χ3v) is 3.78. The Bertz CT molecular complexity index is 824. The van der Waals surface area contributed by atoms with Gasteiger partial charge in [-0.05, 0) is 42.3 Å². The van der Waals surface area contributed by atoms with Crippen molar-refractivity contribution in [2.24, 2.45) is 0 Å². The van der Waals surface area contributed by atoms with Crippen LogP contribution in [0.4, 0.5) is 4.39 Å². The molecular formula is C20H21FN2O5. The second-order valence-electron chi connectivity index (χ2n) is 5.76. The van der Waals surface area contributed by atoms with E-state index in [9.17, 15) is 18.8 Å². The molecule has 0 heterocycles. The van der Waals surface area contributed by atoms with Gasteiger partial charge in [-0.15, -0.1) is 0 Å². The molecule has 2 rings (SSSR count). The van der Waals surface area contributed by atoms with Crippen LogP contribution in [0.15, 0.2) is 48.5 Å². The summed E-state index contributed by atoms with van der Waals surface area (Å²) in [7, 11) is 1.52. The van der Waals surface area contributed by atoms with Crippen molar-refractivity contribution in [3.8, 4) is 5.75 Å². The summed E-state index contributed by atoms with van der Waals surface area (Å²) in [4.78, 5) is 35.2. The van der Waals surface area contributed by atoms with Gasteiger partial charge in [-0.1, -0.05) is 18.2 Å². The topological polar surface area (TPSA) is 93.7 Å². The van der Waals surface area contributed by atoms with Gasteiger partial charge in [0.2, 0.25) is 0 Å². The molecule has 8 heteroatoms. The van der Waals surface area contributed by atoms with Crippen LogP contribution in [-0.2, 0) is 20.7 Å². The molecule has 0 fully saturated rings. The molecule has 0 aliphatic carbocycles. The lowest BCUT2D eigenvalue weighted by molar-refractivity contribution is -0.147. The van der Waals surface area contributed by atoms with E-state index in [2.05, 4.69) is 10.6 Å². The molecule has 0 aliphatic heterocycles. The Morgan fingerprint density at radius 1 is 1.00 bits per heavy atom. The van der Waals surface area contributed by atoms with Crippen molar-refractivity contribution in [2.45, 2.75) is 6.42 Å². The van der Waals surface area contributed by atoms with Gasteiger partial charge in [-0.3, -0.25) is 14.4 Å². The van der Waals surface area contributed by atoms with Crippen molar-refractivity contribution in [1.29, 1.82) is 0 Å². The van der Waals surface area contributed by atoms with E-state index in [1.807, 2.05) is 0 Å². The Hall–Kier alpha value is -3.42. The predicted octanol–water partition coefficient (Wildman–Crippen LogP) is 1.47. The van der Waals surface area contributed by atoms with Crippen LogP contribution in [0.25, 0.3) is 0 Å². The molecule has 2 aromatic carbocycles. The SMILES string of the molecule is COc1ccc(C(=O)NCC(=O)OCC(=O)NCCc2ccccc2F)cc1. The number of ether oxygens (including phenoxy) is 2. The largest absolute Gasteiger partial charge is 0.497 e. The van der Waals surface area contributed by atoms with Gasteiger partial charge in [-0.25, -0.2) is 4.39 Å². The standard InChI is InChI=1S/C20H21FN2O5/c1-27-16-8-6-15(7-9-16)20(26)23-12-19(25)28-13-18(24)22-11-10-14-4-2-3-5-17(14)21/h2-9H,10-13H2,1H3,(H,22,24)(H,23,26). The van der Waals surface area contributed by atoms with Crippen LogP contribution >= 0.6 is 0 Å². The molecule has 2 N–H and O–H groups in total. The van der Waals surface area contributed by atoms with Crippen LogP contribution in [0.2, 0.25) is 0 Å². The molecule has 148 valence electrons. The number of benzene rings is 2. The fourth-order valence-electron chi connectivity index (χ4n) is 2.28. The average molecular weight is 388 g/mol. The first kappa shape index (κ1) is 20.9. The molecule has 0 saturated carbocycles. The van der Waals surface area contributed by atoms with Gasteiger partial charge in [0.25, 0.3) is 11.8 Å². The second-order valence-corrected chi connectivity index (χ2v) is 5.76. The number of nitrogens with one attached hydrogen (secondary N) is 2. The molecule has 28 heavy (non-hydrogen) atoms. The number of methoxy groups -OCH3 is 1. The second kappa shape index (κ2) is 10.7. The quantitative estimate of drug-likeness (QED) is 0.635. The van der Waals surface area contributed by atoms with Gasteiger partial charge < -0.3 is 20.1 Å². The summed E-state index contributed by atoms with van der Waals surface area (Å²) in [6.45, 7) is -0.632. The number of carbonyl (C=O) groups is 3. The smallest absolute Gasteiger partial charge is 0.325 e. The number of hydrogen-bond acceptors (Lipinski definition) is 5. The van der Waals surface area contributed by atoms with Crippen LogP contribution in [0, 0.1) is 5.82 Å². The predicted molar refractivity (Wildman–Crippen MR) is 99.4 cm³/mol. The summed E-state index contributed by atoms with van der Waals surface area (Å²) < 4.78 is 23.2. The number of hydrogen-bond donors (Lipinski definition) is 2. The summed E-state index contributed by atoms with van der Waals surface area (Å²) in [6.07, 6.45) is 0.324. The summed E-state index contributed by atoms with van der Waals surface area (Å²) >= 11 is 0. The first-order valence-electron chi connectivity index (χ1n) is 8.57. The fourth-order valence-corrected chi connectivity index (χ4v) is 2.28. The third-order valence-electron chi connectivity index (χ3n) is 3.78. The first-order chi connectivity index (χ1) is 13.5. The molecule has 2 amide bonds. The molecule has 0 unspecified atom stereocenters. The lowest BCUT2D eigenvalue weighted by Gasteiger charge is -2.08. The molecule has 2 aromatic rings. The highest BCUT2D eigenvalue weighted by atomic mass is 19.1. The van der Waals surface area contributed by atoms with Crippen molar-refractivity contribution < 1.29 is 28.2 Å². The van der Waals surface area contributed by atoms with Gasteiger partial charge in [0.1, 0.15) is 18.1 Å². The molecule has 0 atom stereocenters. The van der Waals surface area contributed by atoms with Crippen molar-refractivity contribution in [1.82, 2.24) is 10.6 Å². The number of amides is 2. The average Bonchev–Trinajstić information content (AvgIpc) is 2.72. The van der Waals surface area contributed by atoms with Crippen molar-refractivity contribution in [3.63, 3.8) is 0 Å². The first-order valence-corrected chi connectivity index (χ1v) is 8.57. The lowest BCUT2D eigenvalue weighted by atomic mass is 10.1. The van der Waals surface area contributed by atoms with Gasteiger partial charge in [0, 0.05) is 12.1 Å². The zero-order valence-electron chi connectivity index (χ0n) is 15.4. The zero-order chi connectivity index (χ0) is 20.4. The van der Waals surface area contributed by atoms with Gasteiger partial charge in [-0.2, -0.15) is 0 Å². The molecule has 0 spiro atoms. The molecule has 0 aliphatic rings. The normalized spacial score (nSPS) is 10.1. The molecule has 0 radical (unpaired) electrons. The fraction of sp³-hybridized carbons (Fsp3) is 0.250. The summed E-state index contributed by atoms with van der Waals surface area (Å²) in [5.74, 6) is -1.43.